The zero-order valence-electron chi connectivity index (χ0n) is 22.0. The second-order valence-electron chi connectivity index (χ2n) is 9.70. The van der Waals surface area contributed by atoms with Gasteiger partial charge in [-0.25, -0.2) is 4.98 Å². The Morgan fingerprint density at radius 3 is 2.26 bits per heavy atom. The summed E-state index contributed by atoms with van der Waals surface area (Å²) in [4.78, 5) is 61.2. The Morgan fingerprint density at radius 2 is 1.68 bits per heavy atom. The topological polar surface area (TPSA) is 140 Å². The molecule has 2 atom stereocenters. The molecule has 0 radical (unpaired) electrons. The van der Waals surface area contributed by atoms with Gasteiger partial charge in [-0.15, -0.1) is 0 Å². The van der Waals surface area contributed by atoms with E-state index in [4.69, 9.17) is 9.31 Å². The number of rotatable bonds is 9. The van der Waals surface area contributed by atoms with Crippen molar-refractivity contribution in [2.45, 2.75) is 51.5 Å². The highest BCUT2D eigenvalue weighted by atomic mass is 16.6. The van der Waals surface area contributed by atoms with Crippen LogP contribution in [0.15, 0.2) is 48.9 Å². The molecule has 202 valence electrons. The number of carbonyl (C=O) groups excluding carboxylic acids is 4. The van der Waals surface area contributed by atoms with Gasteiger partial charge in [-0.3, -0.25) is 24.2 Å². The Bertz CT molecular complexity index is 1070. The van der Waals surface area contributed by atoms with Gasteiger partial charge in [-0.1, -0.05) is 44.2 Å². The third kappa shape index (κ3) is 9.26. The van der Waals surface area contributed by atoms with Crippen LogP contribution in [-0.4, -0.2) is 77.9 Å². The lowest BCUT2D eigenvalue weighted by Gasteiger charge is -2.28. The van der Waals surface area contributed by atoms with Crippen LogP contribution in [-0.2, 0) is 30.1 Å². The van der Waals surface area contributed by atoms with E-state index in [1.165, 1.54) is 18.6 Å². The van der Waals surface area contributed by atoms with Crippen molar-refractivity contribution in [1.29, 1.82) is 0 Å². The molecule has 2 amide bonds. The number of carbonyl (C=O) groups is 4. The van der Waals surface area contributed by atoms with E-state index in [1.807, 2.05) is 56.1 Å². The summed E-state index contributed by atoms with van der Waals surface area (Å²) >= 11 is 0. The molecule has 3 rings (SSSR count). The maximum atomic E-state index is 13.6. The minimum absolute atomic E-state index is 0.0669. The van der Waals surface area contributed by atoms with Crippen molar-refractivity contribution < 1.29 is 28.5 Å². The number of hydrogen-bond acceptors (Lipinski definition) is 9. The van der Waals surface area contributed by atoms with Crippen molar-refractivity contribution in [3.63, 3.8) is 0 Å². The molecule has 1 aliphatic heterocycles. The van der Waals surface area contributed by atoms with E-state index in [9.17, 15) is 19.2 Å². The fourth-order valence-electron chi connectivity index (χ4n) is 3.98. The Kier molecular flexibility index (Phi) is 10.8. The molecule has 12 heteroatoms. The molecule has 0 bridgehead atoms. The standard InChI is InChI=1S/C26H34BN5O6/c1-18(2)15-22(27-37-23(33)9-13-32(3)14-10-24(34)38-27)31-25(35)20(16-19-7-5-4-6-8-19)30-26(36)21-17-28-11-12-29-21/h4-8,11-12,17-18,20,22H,9-10,13-16H2,1-3H3,(H,30,36)(H,31,35)/t20?,22-/m0/s1. The van der Waals surface area contributed by atoms with Gasteiger partial charge >= 0.3 is 7.12 Å². The van der Waals surface area contributed by atoms with Crippen molar-refractivity contribution in [2.75, 3.05) is 20.1 Å². The Labute approximate surface area is 222 Å². The summed E-state index contributed by atoms with van der Waals surface area (Å²) in [6, 6.07) is 8.25. The zero-order valence-corrected chi connectivity index (χ0v) is 22.0. The number of nitrogens with zero attached hydrogens (tertiary/aromatic N) is 3. The number of hydrogen-bond donors (Lipinski definition) is 2. The molecule has 2 N–H and O–H groups in total. The first-order valence-corrected chi connectivity index (χ1v) is 12.7. The highest BCUT2D eigenvalue weighted by Crippen LogP contribution is 2.14. The van der Waals surface area contributed by atoms with Crippen LogP contribution in [0, 0.1) is 5.92 Å². The lowest BCUT2D eigenvalue weighted by Crippen LogP contribution is -2.57. The Hall–Kier alpha value is -3.80. The number of aromatic nitrogens is 2. The summed E-state index contributed by atoms with van der Waals surface area (Å²) in [7, 11) is 0.515. The Morgan fingerprint density at radius 1 is 1.03 bits per heavy atom. The molecule has 11 nitrogen and oxygen atoms in total. The second kappa shape index (κ2) is 14.2. The third-order valence-corrected chi connectivity index (χ3v) is 5.97. The molecule has 2 heterocycles. The molecule has 0 saturated carbocycles. The minimum atomic E-state index is -1.29. The first-order valence-electron chi connectivity index (χ1n) is 12.7. The van der Waals surface area contributed by atoms with Crippen LogP contribution >= 0.6 is 0 Å². The predicted molar refractivity (Wildman–Crippen MR) is 139 cm³/mol. The number of benzene rings is 1. The van der Waals surface area contributed by atoms with Crippen LogP contribution in [0.3, 0.4) is 0 Å². The summed E-state index contributed by atoms with van der Waals surface area (Å²) in [6.07, 6.45) is 4.96. The van der Waals surface area contributed by atoms with Gasteiger partial charge in [0.2, 0.25) is 5.91 Å². The van der Waals surface area contributed by atoms with Crippen LogP contribution < -0.4 is 10.6 Å². The SMILES string of the molecule is CC(C)C[C@H](NC(=O)C(Cc1ccccc1)NC(=O)c1cnccn1)B1OC(=O)CCN(C)CCC(=O)O1. The molecule has 1 fully saturated rings. The van der Waals surface area contributed by atoms with Crippen molar-refractivity contribution in [3.05, 3.63) is 60.2 Å². The molecule has 1 saturated heterocycles. The molecule has 0 aliphatic carbocycles. The zero-order chi connectivity index (χ0) is 27.5. The summed E-state index contributed by atoms with van der Waals surface area (Å²) < 4.78 is 11.1. The van der Waals surface area contributed by atoms with Gasteiger partial charge in [0.15, 0.2) is 0 Å². The molecule has 1 aromatic heterocycles. The van der Waals surface area contributed by atoms with Gasteiger partial charge in [0.05, 0.1) is 25.0 Å². The van der Waals surface area contributed by atoms with Crippen molar-refractivity contribution in [1.82, 2.24) is 25.5 Å². The first-order chi connectivity index (χ1) is 18.2. The molecule has 38 heavy (non-hydrogen) atoms. The van der Waals surface area contributed by atoms with E-state index in [1.54, 1.807) is 0 Å². The van der Waals surface area contributed by atoms with Crippen LogP contribution in [0.2, 0.25) is 0 Å². The summed E-state index contributed by atoms with van der Waals surface area (Å²) in [5.41, 5.74) is 0.894. The van der Waals surface area contributed by atoms with E-state index in [-0.39, 0.29) is 30.9 Å². The predicted octanol–water partition coefficient (Wildman–Crippen LogP) is 1.19. The average molecular weight is 523 g/mol. The first kappa shape index (κ1) is 28.8. The van der Waals surface area contributed by atoms with Crippen molar-refractivity contribution >= 4 is 30.9 Å². The minimum Gasteiger partial charge on any atom is -0.498 e. The monoisotopic (exact) mass is 523 g/mol. The average Bonchev–Trinajstić information content (AvgIpc) is 2.90. The number of nitrogens with one attached hydrogen (secondary N) is 2. The largest absolute Gasteiger partial charge is 0.622 e. The molecule has 1 aromatic carbocycles. The molecular formula is C26H34BN5O6. The molecule has 2 aromatic rings. The maximum absolute atomic E-state index is 13.6. The molecule has 0 spiro atoms. The van der Waals surface area contributed by atoms with E-state index in [0.29, 0.717) is 19.5 Å². The van der Waals surface area contributed by atoms with Crippen molar-refractivity contribution in [3.8, 4) is 0 Å². The molecule has 1 unspecified atom stereocenters. The highest BCUT2D eigenvalue weighted by Gasteiger charge is 2.41. The maximum Gasteiger partial charge on any atom is 0.622 e. The van der Waals surface area contributed by atoms with Crippen LogP contribution in [0.4, 0.5) is 0 Å². The van der Waals surface area contributed by atoms with Crippen LogP contribution in [0.1, 0.15) is 49.2 Å². The van der Waals surface area contributed by atoms with Gasteiger partial charge in [0.25, 0.3) is 17.8 Å². The number of amides is 2. The summed E-state index contributed by atoms with van der Waals surface area (Å²) in [5.74, 6) is -2.89. The van der Waals surface area contributed by atoms with E-state index in [0.717, 1.165) is 5.56 Å². The lowest BCUT2D eigenvalue weighted by atomic mass is 9.73. The van der Waals surface area contributed by atoms with E-state index < -0.39 is 42.9 Å². The second-order valence-corrected chi connectivity index (χ2v) is 9.70. The van der Waals surface area contributed by atoms with E-state index >= 15 is 0 Å². The highest BCUT2D eigenvalue weighted by molar-refractivity contribution is 6.51. The fraction of sp³-hybridized carbons (Fsp3) is 0.462. The van der Waals surface area contributed by atoms with Gasteiger partial charge in [0.1, 0.15) is 11.7 Å². The fourth-order valence-corrected chi connectivity index (χ4v) is 3.98. The molecular weight excluding hydrogens is 489 g/mol. The van der Waals surface area contributed by atoms with Gasteiger partial charge in [-0.05, 0) is 24.9 Å². The van der Waals surface area contributed by atoms with Gasteiger partial charge in [-0.2, -0.15) is 0 Å². The Balaban J connectivity index is 1.82. The van der Waals surface area contributed by atoms with Crippen LogP contribution in [0.5, 0.6) is 0 Å². The quantitative estimate of drug-likeness (QED) is 0.464. The molecule has 1 aliphatic rings. The third-order valence-electron chi connectivity index (χ3n) is 5.97. The summed E-state index contributed by atoms with van der Waals surface area (Å²) in [6.45, 7) is 4.76. The van der Waals surface area contributed by atoms with Gasteiger partial charge < -0.3 is 24.8 Å². The van der Waals surface area contributed by atoms with Gasteiger partial charge in [0, 0.05) is 31.9 Å². The van der Waals surface area contributed by atoms with E-state index in [2.05, 4.69) is 20.6 Å². The smallest absolute Gasteiger partial charge is 0.498 e. The van der Waals surface area contributed by atoms with Crippen molar-refractivity contribution in [2.24, 2.45) is 5.92 Å². The lowest BCUT2D eigenvalue weighted by molar-refractivity contribution is -0.142. The normalized spacial score (nSPS) is 16.7. The summed E-state index contributed by atoms with van der Waals surface area (Å²) in [5, 5.41) is 5.61. The van der Waals surface area contributed by atoms with Crippen LogP contribution in [0.25, 0.3) is 0 Å².